The molecule has 0 amide bonds. The van der Waals surface area contributed by atoms with Crippen LogP contribution in [0.2, 0.25) is 0 Å². The van der Waals surface area contributed by atoms with Gasteiger partial charge >= 0.3 is 0 Å². The highest BCUT2D eigenvalue weighted by molar-refractivity contribution is 5.74. The van der Waals surface area contributed by atoms with Crippen LogP contribution in [0.15, 0.2) is 24.3 Å². The predicted octanol–water partition coefficient (Wildman–Crippen LogP) is 1.80. The number of hydrogen-bond acceptors (Lipinski definition) is 4. The van der Waals surface area contributed by atoms with E-state index >= 15 is 0 Å². The van der Waals surface area contributed by atoms with E-state index in [9.17, 15) is 0 Å². The summed E-state index contributed by atoms with van der Waals surface area (Å²) in [5.41, 5.74) is 2.06. The van der Waals surface area contributed by atoms with Gasteiger partial charge in [0.1, 0.15) is 5.82 Å². The summed E-state index contributed by atoms with van der Waals surface area (Å²) in [5.74, 6) is 0.475. The van der Waals surface area contributed by atoms with Gasteiger partial charge < -0.3 is 19.8 Å². The molecule has 2 heterocycles. The average Bonchev–Trinajstić information content (AvgIpc) is 2.80. The third-order valence-corrected chi connectivity index (χ3v) is 3.26. The minimum absolute atomic E-state index is 0.209. The van der Waals surface area contributed by atoms with Gasteiger partial charge in [0.05, 0.1) is 36.8 Å². The second kappa shape index (κ2) is 4.92. The van der Waals surface area contributed by atoms with Gasteiger partial charge in [-0.15, -0.1) is 0 Å². The van der Waals surface area contributed by atoms with Crippen LogP contribution in [0.25, 0.3) is 11.0 Å². The number of aromatic amines is 1. The molecule has 5 heteroatoms. The van der Waals surface area contributed by atoms with E-state index in [4.69, 9.17) is 9.47 Å². The lowest BCUT2D eigenvalue weighted by Gasteiger charge is -2.35. The van der Waals surface area contributed by atoms with Crippen LogP contribution < -0.4 is 5.32 Å². The summed E-state index contributed by atoms with van der Waals surface area (Å²) in [5, 5.41) is 3.39. The fraction of sp³-hybridized carbons (Fsp3) is 0.500. The lowest BCUT2D eigenvalue weighted by molar-refractivity contribution is -0.253. The molecule has 102 valence electrons. The van der Waals surface area contributed by atoms with Gasteiger partial charge in [0.2, 0.25) is 0 Å². The zero-order valence-corrected chi connectivity index (χ0v) is 11.3. The van der Waals surface area contributed by atoms with Crippen LogP contribution in [0, 0.1) is 0 Å². The molecule has 1 fully saturated rings. The van der Waals surface area contributed by atoms with Crippen molar-refractivity contribution in [2.45, 2.75) is 32.2 Å². The number of hydrogen-bond donors (Lipinski definition) is 2. The van der Waals surface area contributed by atoms with Crippen molar-refractivity contribution in [1.29, 1.82) is 0 Å². The van der Waals surface area contributed by atoms with Gasteiger partial charge in [-0.05, 0) is 26.0 Å². The SMILES string of the molecule is CC1(C)OCC(NCc2nc3ccccc3[nH]2)CO1. The summed E-state index contributed by atoms with van der Waals surface area (Å²) in [4.78, 5) is 7.82. The summed E-state index contributed by atoms with van der Waals surface area (Å²) in [7, 11) is 0. The highest BCUT2D eigenvalue weighted by Crippen LogP contribution is 2.17. The highest BCUT2D eigenvalue weighted by atomic mass is 16.7. The third-order valence-electron chi connectivity index (χ3n) is 3.26. The highest BCUT2D eigenvalue weighted by Gasteiger charge is 2.27. The fourth-order valence-electron chi connectivity index (χ4n) is 2.14. The maximum Gasteiger partial charge on any atom is 0.162 e. The van der Waals surface area contributed by atoms with Gasteiger partial charge in [-0.1, -0.05) is 12.1 Å². The molecule has 0 unspecified atom stereocenters. The van der Waals surface area contributed by atoms with Crippen LogP contribution in [-0.2, 0) is 16.0 Å². The molecule has 0 aliphatic carbocycles. The lowest BCUT2D eigenvalue weighted by Crippen LogP contribution is -2.48. The summed E-state index contributed by atoms with van der Waals surface area (Å²) in [6.45, 7) is 5.87. The molecule has 19 heavy (non-hydrogen) atoms. The predicted molar refractivity (Wildman–Crippen MR) is 72.7 cm³/mol. The average molecular weight is 261 g/mol. The Bertz CT molecular complexity index is 522. The number of aromatic nitrogens is 2. The van der Waals surface area contributed by atoms with E-state index in [0.717, 1.165) is 16.9 Å². The number of benzene rings is 1. The fourth-order valence-corrected chi connectivity index (χ4v) is 2.14. The summed E-state index contributed by atoms with van der Waals surface area (Å²) in [6.07, 6.45) is 0. The van der Waals surface area contributed by atoms with Gasteiger partial charge in [0.15, 0.2) is 5.79 Å². The van der Waals surface area contributed by atoms with Crippen LogP contribution in [-0.4, -0.2) is 35.0 Å². The van der Waals surface area contributed by atoms with Crippen LogP contribution in [0.3, 0.4) is 0 Å². The number of nitrogens with zero attached hydrogens (tertiary/aromatic N) is 1. The summed E-state index contributed by atoms with van der Waals surface area (Å²) >= 11 is 0. The zero-order valence-electron chi connectivity index (χ0n) is 11.3. The van der Waals surface area contributed by atoms with E-state index in [0.29, 0.717) is 19.8 Å². The van der Waals surface area contributed by atoms with Crippen molar-refractivity contribution in [3.63, 3.8) is 0 Å². The summed E-state index contributed by atoms with van der Waals surface area (Å²) < 4.78 is 11.2. The van der Waals surface area contributed by atoms with Crippen molar-refractivity contribution in [3.8, 4) is 0 Å². The first-order valence-corrected chi connectivity index (χ1v) is 6.57. The van der Waals surface area contributed by atoms with E-state index in [1.807, 2.05) is 38.1 Å². The second-order valence-corrected chi connectivity index (χ2v) is 5.30. The van der Waals surface area contributed by atoms with Crippen molar-refractivity contribution >= 4 is 11.0 Å². The molecule has 5 nitrogen and oxygen atoms in total. The monoisotopic (exact) mass is 261 g/mol. The molecular weight excluding hydrogens is 242 g/mol. The lowest BCUT2D eigenvalue weighted by atomic mass is 10.2. The number of para-hydroxylation sites is 2. The molecule has 0 spiro atoms. The number of fused-ring (bicyclic) bond motifs is 1. The Morgan fingerprint density at radius 2 is 2.05 bits per heavy atom. The molecule has 1 aliphatic rings. The third kappa shape index (κ3) is 2.94. The molecule has 3 rings (SSSR count). The Morgan fingerprint density at radius 1 is 1.32 bits per heavy atom. The first-order valence-electron chi connectivity index (χ1n) is 6.57. The van der Waals surface area contributed by atoms with Crippen LogP contribution >= 0.6 is 0 Å². The molecule has 0 saturated carbocycles. The molecule has 2 N–H and O–H groups in total. The van der Waals surface area contributed by atoms with Crippen LogP contribution in [0.1, 0.15) is 19.7 Å². The van der Waals surface area contributed by atoms with E-state index in [1.54, 1.807) is 0 Å². The molecule has 1 aromatic heterocycles. The number of imidazole rings is 1. The van der Waals surface area contributed by atoms with Gasteiger partial charge in [-0.3, -0.25) is 0 Å². The van der Waals surface area contributed by atoms with Gasteiger partial charge in [-0.2, -0.15) is 0 Å². The van der Waals surface area contributed by atoms with E-state index in [1.165, 1.54) is 0 Å². The normalized spacial score (nSPS) is 19.9. The Morgan fingerprint density at radius 3 is 2.79 bits per heavy atom. The van der Waals surface area contributed by atoms with Crippen molar-refractivity contribution in [2.75, 3.05) is 13.2 Å². The van der Waals surface area contributed by atoms with Crippen molar-refractivity contribution in [2.24, 2.45) is 0 Å². The van der Waals surface area contributed by atoms with Gasteiger partial charge in [0.25, 0.3) is 0 Å². The van der Waals surface area contributed by atoms with Crippen molar-refractivity contribution in [3.05, 3.63) is 30.1 Å². The Balaban J connectivity index is 1.57. The number of nitrogens with one attached hydrogen (secondary N) is 2. The zero-order chi connectivity index (χ0) is 13.3. The number of ether oxygens (including phenoxy) is 2. The molecule has 0 bridgehead atoms. The van der Waals surface area contributed by atoms with Gasteiger partial charge in [-0.25, -0.2) is 4.98 Å². The number of H-pyrrole nitrogens is 1. The molecule has 0 atom stereocenters. The minimum atomic E-state index is -0.461. The molecule has 1 saturated heterocycles. The Kier molecular flexibility index (Phi) is 3.26. The van der Waals surface area contributed by atoms with Crippen molar-refractivity contribution in [1.82, 2.24) is 15.3 Å². The molecule has 0 radical (unpaired) electrons. The molecular formula is C14H19N3O2. The first kappa shape index (κ1) is 12.6. The minimum Gasteiger partial charge on any atom is -0.349 e. The van der Waals surface area contributed by atoms with E-state index in [2.05, 4.69) is 15.3 Å². The summed E-state index contributed by atoms with van der Waals surface area (Å²) in [6, 6.07) is 8.24. The number of rotatable bonds is 3. The molecule has 1 aliphatic heterocycles. The quantitative estimate of drug-likeness (QED) is 0.884. The smallest absolute Gasteiger partial charge is 0.162 e. The largest absolute Gasteiger partial charge is 0.349 e. The first-order chi connectivity index (χ1) is 9.12. The maximum atomic E-state index is 5.61. The Hall–Kier alpha value is -1.43. The Labute approximate surface area is 112 Å². The van der Waals surface area contributed by atoms with E-state index < -0.39 is 5.79 Å². The van der Waals surface area contributed by atoms with Crippen molar-refractivity contribution < 1.29 is 9.47 Å². The molecule has 2 aromatic rings. The van der Waals surface area contributed by atoms with Crippen LogP contribution in [0.4, 0.5) is 0 Å². The van der Waals surface area contributed by atoms with Crippen LogP contribution in [0.5, 0.6) is 0 Å². The standard InChI is InChI=1S/C14H19N3O2/c1-14(2)18-8-10(9-19-14)15-7-13-16-11-5-3-4-6-12(11)17-13/h3-6,10,15H,7-9H2,1-2H3,(H,16,17). The topological polar surface area (TPSA) is 59.2 Å². The maximum absolute atomic E-state index is 5.61. The molecule has 1 aromatic carbocycles. The second-order valence-electron chi connectivity index (χ2n) is 5.30. The van der Waals surface area contributed by atoms with Gasteiger partial charge in [0, 0.05) is 0 Å². The van der Waals surface area contributed by atoms with E-state index in [-0.39, 0.29) is 6.04 Å².